The largest absolute Gasteiger partial charge is 0.492 e. The zero-order valence-corrected chi connectivity index (χ0v) is 16.2. The van der Waals surface area contributed by atoms with E-state index in [-0.39, 0.29) is 17.6 Å². The van der Waals surface area contributed by atoms with Crippen molar-refractivity contribution in [2.45, 2.75) is 25.2 Å². The van der Waals surface area contributed by atoms with E-state index in [1.807, 2.05) is 6.07 Å². The first kappa shape index (κ1) is 18.1. The standard InChI is InChI=1S/C22H27NO5/c1-23-22(25)16-7-13(20(24)8-14-18-9-27-10-19(14)18)6-15-17(11-28-21(15)16)12-2-4-26-5-3-12/h6-7,12,14,17-19H,2-5,8-11H2,1H3,(H,23,25)/t14?,17-,18-,19+/m1/s1. The highest BCUT2D eigenvalue weighted by molar-refractivity contribution is 6.03. The number of rotatable bonds is 5. The Balaban J connectivity index is 1.44. The lowest BCUT2D eigenvalue weighted by molar-refractivity contribution is 0.0551. The molecule has 1 N–H and O–H groups in total. The van der Waals surface area contributed by atoms with Crippen LogP contribution in [0.3, 0.4) is 0 Å². The van der Waals surface area contributed by atoms with Gasteiger partial charge >= 0.3 is 0 Å². The van der Waals surface area contributed by atoms with Crippen LogP contribution in [0, 0.1) is 23.7 Å². The minimum atomic E-state index is -0.199. The molecule has 5 rings (SSSR count). The molecule has 1 unspecified atom stereocenters. The third kappa shape index (κ3) is 3.03. The van der Waals surface area contributed by atoms with Crippen molar-refractivity contribution in [1.82, 2.24) is 5.32 Å². The van der Waals surface area contributed by atoms with Gasteiger partial charge in [0.2, 0.25) is 0 Å². The molecule has 3 heterocycles. The molecular formula is C22H27NO5. The molecule has 4 atom stereocenters. The molecule has 1 saturated carbocycles. The van der Waals surface area contributed by atoms with E-state index in [9.17, 15) is 9.59 Å². The van der Waals surface area contributed by atoms with E-state index in [4.69, 9.17) is 14.2 Å². The molecule has 1 aromatic carbocycles. The Hall–Kier alpha value is -1.92. The van der Waals surface area contributed by atoms with Crippen LogP contribution in [0.4, 0.5) is 0 Å². The van der Waals surface area contributed by atoms with Gasteiger partial charge < -0.3 is 19.5 Å². The van der Waals surface area contributed by atoms with E-state index in [2.05, 4.69) is 5.32 Å². The molecule has 6 nitrogen and oxygen atoms in total. The molecule has 150 valence electrons. The van der Waals surface area contributed by atoms with Crippen LogP contribution in [0.5, 0.6) is 5.75 Å². The molecule has 1 aromatic rings. The van der Waals surface area contributed by atoms with Crippen molar-refractivity contribution in [2.24, 2.45) is 23.7 Å². The summed E-state index contributed by atoms with van der Waals surface area (Å²) < 4.78 is 16.9. The number of ketones is 1. The number of Topliss-reactive ketones (excluding diaryl/α,β-unsaturated/α-hetero) is 1. The number of carbonyl (C=O) groups excluding carboxylic acids is 2. The summed E-state index contributed by atoms with van der Waals surface area (Å²) in [5.41, 5.74) is 2.15. The van der Waals surface area contributed by atoms with Crippen molar-refractivity contribution in [3.63, 3.8) is 0 Å². The first-order valence-corrected chi connectivity index (χ1v) is 10.4. The zero-order valence-electron chi connectivity index (χ0n) is 16.2. The summed E-state index contributed by atoms with van der Waals surface area (Å²) in [6.07, 6.45) is 2.53. The fourth-order valence-corrected chi connectivity index (χ4v) is 5.32. The van der Waals surface area contributed by atoms with Gasteiger partial charge in [-0.05, 0) is 48.6 Å². The molecule has 0 bridgehead atoms. The van der Waals surface area contributed by atoms with Crippen LogP contribution < -0.4 is 10.1 Å². The normalized spacial score (nSPS) is 31.0. The number of hydrogen-bond donors (Lipinski definition) is 1. The Labute approximate surface area is 164 Å². The minimum Gasteiger partial charge on any atom is -0.492 e. The lowest BCUT2D eigenvalue weighted by atomic mass is 9.81. The summed E-state index contributed by atoms with van der Waals surface area (Å²) in [5.74, 6) is 2.83. The minimum absolute atomic E-state index is 0.130. The van der Waals surface area contributed by atoms with E-state index < -0.39 is 0 Å². The van der Waals surface area contributed by atoms with E-state index in [1.54, 1.807) is 13.1 Å². The molecule has 1 amide bonds. The quantitative estimate of drug-likeness (QED) is 0.788. The molecule has 0 spiro atoms. The van der Waals surface area contributed by atoms with Gasteiger partial charge in [-0.25, -0.2) is 0 Å². The second kappa shape index (κ2) is 7.16. The van der Waals surface area contributed by atoms with Gasteiger partial charge in [0.1, 0.15) is 5.75 Å². The summed E-state index contributed by atoms with van der Waals surface area (Å²) in [6.45, 7) is 3.69. The highest BCUT2D eigenvalue weighted by Crippen LogP contribution is 2.53. The molecule has 3 fully saturated rings. The highest BCUT2D eigenvalue weighted by Gasteiger charge is 2.54. The summed E-state index contributed by atoms with van der Waals surface area (Å²) in [5, 5.41) is 2.69. The molecule has 2 saturated heterocycles. The summed E-state index contributed by atoms with van der Waals surface area (Å²) in [4.78, 5) is 25.5. The number of carbonyl (C=O) groups is 2. The van der Waals surface area contributed by atoms with Gasteiger partial charge in [-0.15, -0.1) is 0 Å². The van der Waals surface area contributed by atoms with Gasteiger partial charge in [0.25, 0.3) is 5.91 Å². The Morgan fingerprint density at radius 2 is 1.82 bits per heavy atom. The van der Waals surface area contributed by atoms with Gasteiger partial charge in [0.15, 0.2) is 5.78 Å². The van der Waals surface area contributed by atoms with Crippen molar-refractivity contribution in [3.8, 4) is 5.75 Å². The number of ether oxygens (including phenoxy) is 3. The van der Waals surface area contributed by atoms with Crippen LogP contribution in [0.1, 0.15) is 51.5 Å². The summed E-state index contributed by atoms with van der Waals surface area (Å²) >= 11 is 0. The maximum atomic E-state index is 13.0. The van der Waals surface area contributed by atoms with Crippen LogP contribution in [0.15, 0.2) is 12.1 Å². The smallest absolute Gasteiger partial charge is 0.254 e. The number of benzene rings is 1. The fourth-order valence-electron chi connectivity index (χ4n) is 5.32. The maximum absolute atomic E-state index is 13.0. The van der Waals surface area contributed by atoms with Crippen molar-refractivity contribution >= 4 is 11.7 Å². The molecule has 4 aliphatic rings. The lowest BCUT2D eigenvalue weighted by Gasteiger charge is -2.27. The maximum Gasteiger partial charge on any atom is 0.254 e. The van der Waals surface area contributed by atoms with Crippen molar-refractivity contribution in [2.75, 3.05) is 40.1 Å². The number of hydrogen-bond acceptors (Lipinski definition) is 5. The van der Waals surface area contributed by atoms with Crippen LogP contribution >= 0.6 is 0 Å². The Kier molecular flexibility index (Phi) is 4.63. The molecule has 0 aromatic heterocycles. The Morgan fingerprint density at radius 1 is 1.07 bits per heavy atom. The van der Waals surface area contributed by atoms with Gasteiger partial charge in [0, 0.05) is 43.7 Å². The molecule has 3 aliphatic heterocycles. The monoisotopic (exact) mass is 385 g/mol. The molecular weight excluding hydrogens is 358 g/mol. The van der Waals surface area contributed by atoms with E-state index in [0.29, 0.717) is 53.6 Å². The topological polar surface area (TPSA) is 73.9 Å². The third-order valence-corrected chi connectivity index (χ3v) is 7.10. The van der Waals surface area contributed by atoms with Crippen LogP contribution in [0.2, 0.25) is 0 Å². The average molecular weight is 385 g/mol. The first-order valence-electron chi connectivity index (χ1n) is 10.4. The molecule has 0 radical (unpaired) electrons. The zero-order chi connectivity index (χ0) is 19.3. The summed E-state index contributed by atoms with van der Waals surface area (Å²) in [7, 11) is 1.61. The predicted octanol–water partition coefficient (Wildman–Crippen LogP) is 2.41. The highest BCUT2D eigenvalue weighted by atomic mass is 16.5. The number of fused-ring (bicyclic) bond motifs is 2. The first-order chi connectivity index (χ1) is 13.7. The molecule has 6 heteroatoms. The van der Waals surface area contributed by atoms with Crippen molar-refractivity contribution in [1.29, 1.82) is 0 Å². The van der Waals surface area contributed by atoms with Crippen molar-refractivity contribution < 1.29 is 23.8 Å². The van der Waals surface area contributed by atoms with Gasteiger partial charge in [-0.1, -0.05) is 0 Å². The molecule has 28 heavy (non-hydrogen) atoms. The van der Waals surface area contributed by atoms with Crippen LogP contribution in [-0.2, 0) is 9.47 Å². The predicted molar refractivity (Wildman–Crippen MR) is 102 cm³/mol. The van der Waals surface area contributed by atoms with Gasteiger partial charge in [0.05, 0.1) is 25.4 Å². The van der Waals surface area contributed by atoms with Gasteiger partial charge in [-0.2, -0.15) is 0 Å². The van der Waals surface area contributed by atoms with E-state index >= 15 is 0 Å². The van der Waals surface area contributed by atoms with E-state index in [1.165, 1.54) is 0 Å². The third-order valence-electron chi connectivity index (χ3n) is 7.10. The number of amides is 1. The summed E-state index contributed by atoms with van der Waals surface area (Å²) in [6, 6.07) is 3.72. The van der Waals surface area contributed by atoms with E-state index in [0.717, 1.165) is 44.8 Å². The second-order valence-corrected chi connectivity index (χ2v) is 8.54. The average Bonchev–Trinajstić information content (AvgIpc) is 3.10. The fraction of sp³-hybridized carbons (Fsp3) is 0.636. The van der Waals surface area contributed by atoms with Crippen LogP contribution in [-0.4, -0.2) is 51.8 Å². The van der Waals surface area contributed by atoms with Gasteiger partial charge in [-0.3, -0.25) is 9.59 Å². The number of nitrogens with one attached hydrogen (secondary N) is 1. The SMILES string of the molecule is CNC(=O)c1cc(C(=O)CC2[C@H]3COC[C@@H]23)cc2c1OC[C@@H]2C1CCOCC1. The van der Waals surface area contributed by atoms with Crippen molar-refractivity contribution in [3.05, 3.63) is 28.8 Å². The molecule has 1 aliphatic carbocycles. The second-order valence-electron chi connectivity index (χ2n) is 8.54. The lowest BCUT2D eigenvalue weighted by Crippen LogP contribution is -2.23. The Morgan fingerprint density at radius 3 is 2.54 bits per heavy atom. The van der Waals surface area contributed by atoms with Crippen LogP contribution in [0.25, 0.3) is 0 Å². The Bertz CT molecular complexity index is 790.